The van der Waals surface area contributed by atoms with Crippen LogP contribution in [0.3, 0.4) is 0 Å². The molecule has 104 valence electrons. The van der Waals surface area contributed by atoms with Crippen LogP contribution in [0.4, 0.5) is 5.69 Å². The number of nitrogens with two attached hydrogens (primary N) is 1. The summed E-state index contributed by atoms with van der Waals surface area (Å²) in [6, 6.07) is 4.86. The van der Waals surface area contributed by atoms with E-state index in [1.54, 1.807) is 12.1 Å². The topological polar surface area (TPSA) is 78.4 Å². The van der Waals surface area contributed by atoms with E-state index >= 15 is 0 Å². The van der Waals surface area contributed by atoms with Crippen molar-refractivity contribution >= 4 is 5.69 Å². The number of benzene rings is 1. The Morgan fingerprint density at radius 2 is 1.95 bits per heavy atom. The van der Waals surface area contributed by atoms with E-state index in [1.165, 1.54) is 18.9 Å². The summed E-state index contributed by atoms with van der Waals surface area (Å²) in [5.74, 6) is 0.361. The summed E-state index contributed by atoms with van der Waals surface area (Å²) in [6.45, 7) is 0.360. The highest BCUT2D eigenvalue weighted by Gasteiger charge is 2.20. The Kier molecular flexibility index (Phi) is 4.74. The number of nitro groups is 1. The fourth-order valence-corrected chi connectivity index (χ4v) is 2.47. The highest BCUT2D eigenvalue weighted by molar-refractivity contribution is 5.48. The maximum atomic E-state index is 11.0. The lowest BCUT2D eigenvalue weighted by Crippen LogP contribution is -2.16. The molecule has 19 heavy (non-hydrogen) atoms. The van der Waals surface area contributed by atoms with E-state index in [1.807, 2.05) is 0 Å². The Hall–Kier alpha value is -1.62. The normalized spacial score (nSPS) is 16.9. The van der Waals surface area contributed by atoms with Gasteiger partial charge in [-0.15, -0.1) is 0 Å². The van der Waals surface area contributed by atoms with Gasteiger partial charge in [0, 0.05) is 12.6 Å². The van der Waals surface area contributed by atoms with Crippen LogP contribution in [0.1, 0.15) is 44.1 Å². The van der Waals surface area contributed by atoms with E-state index in [-0.39, 0.29) is 11.8 Å². The molecule has 0 amide bonds. The summed E-state index contributed by atoms with van der Waals surface area (Å²) < 4.78 is 5.87. The van der Waals surface area contributed by atoms with Crippen molar-refractivity contribution in [3.8, 4) is 5.75 Å². The average molecular weight is 264 g/mol. The molecule has 0 unspecified atom stereocenters. The van der Waals surface area contributed by atoms with E-state index in [4.69, 9.17) is 10.5 Å². The molecule has 1 aliphatic rings. The number of nitrogens with zero attached hydrogens (tertiary/aromatic N) is 1. The number of ether oxygens (including phenoxy) is 1. The minimum atomic E-state index is -0.396. The van der Waals surface area contributed by atoms with Crippen molar-refractivity contribution in [1.29, 1.82) is 0 Å². The van der Waals surface area contributed by atoms with Gasteiger partial charge >= 0.3 is 5.69 Å². The highest BCUT2D eigenvalue weighted by Crippen LogP contribution is 2.31. The van der Waals surface area contributed by atoms with Crippen LogP contribution < -0.4 is 10.5 Å². The van der Waals surface area contributed by atoms with Crippen molar-refractivity contribution in [2.24, 2.45) is 5.73 Å². The molecule has 0 radical (unpaired) electrons. The van der Waals surface area contributed by atoms with Crippen LogP contribution in [-0.4, -0.2) is 11.0 Å². The third kappa shape index (κ3) is 3.67. The van der Waals surface area contributed by atoms with Gasteiger partial charge in [0.25, 0.3) is 0 Å². The second kappa shape index (κ2) is 6.52. The first-order valence-electron chi connectivity index (χ1n) is 6.84. The minimum absolute atomic E-state index is 0.0291. The summed E-state index contributed by atoms with van der Waals surface area (Å²) in [4.78, 5) is 10.6. The molecule has 1 aromatic rings. The first-order chi connectivity index (χ1) is 9.20. The number of hydrogen-bond donors (Lipinski definition) is 1. The van der Waals surface area contributed by atoms with Crippen LogP contribution in [0.5, 0.6) is 5.75 Å². The minimum Gasteiger partial charge on any atom is -0.483 e. The summed E-state index contributed by atoms with van der Waals surface area (Å²) in [5, 5.41) is 11.0. The van der Waals surface area contributed by atoms with E-state index in [0.717, 1.165) is 31.2 Å². The van der Waals surface area contributed by atoms with Gasteiger partial charge in [-0.05, 0) is 37.3 Å². The van der Waals surface area contributed by atoms with Crippen molar-refractivity contribution in [3.05, 3.63) is 33.9 Å². The summed E-state index contributed by atoms with van der Waals surface area (Å²) in [5.41, 5.74) is 6.46. The van der Waals surface area contributed by atoms with Gasteiger partial charge in [-0.25, -0.2) is 0 Å². The molecule has 1 aliphatic carbocycles. The van der Waals surface area contributed by atoms with Crippen LogP contribution >= 0.6 is 0 Å². The quantitative estimate of drug-likeness (QED) is 0.514. The third-order valence-electron chi connectivity index (χ3n) is 3.55. The standard InChI is InChI=1S/C14H20N2O3/c15-10-11-7-8-13(16(17)18)14(9-11)19-12-5-3-1-2-4-6-12/h7-9,12H,1-6,10,15H2. The fourth-order valence-electron chi connectivity index (χ4n) is 2.47. The Balaban J connectivity index is 2.18. The van der Waals surface area contributed by atoms with Crippen molar-refractivity contribution in [2.45, 2.75) is 51.2 Å². The van der Waals surface area contributed by atoms with Gasteiger partial charge in [0.05, 0.1) is 11.0 Å². The molecular formula is C14H20N2O3. The average Bonchev–Trinajstić information content (AvgIpc) is 2.67. The van der Waals surface area contributed by atoms with E-state index in [0.29, 0.717) is 12.3 Å². The predicted molar refractivity (Wildman–Crippen MR) is 73.1 cm³/mol. The largest absolute Gasteiger partial charge is 0.483 e. The zero-order chi connectivity index (χ0) is 13.7. The van der Waals surface area contributed by atoms with Gasteiger partial charge in [0.2, 0.25) is 0 Å². The molecule has 2 N–H and O–H groups in total. The van der Waals surface area contributed by atoms with Crippen LogP contribution in [0.25, 0.3) is 0 Å². The molecule has 0 heterocycles. The van der Waals surface area contributed by atoms with Gasteiger partial charge in [-0.2, -0.15) is 0 Å². The second-order valence-electron chi connectivity index (χ2n) is 4.99. The Morgan fingerprint density at radius 1 is 1.26 bits per heavy atom. The Bertz CT molecular complexity index is 440. The Morgan fingerprint density at radius 3 is 2.53 bits per heavy atom. The van der Waals surface area contributed by atoms with E-state index < -0.39 is 4.92 Å². The van der Waals surface area contributed by atoms with Crippen LogP contribution in [0.2, 0.25) is 0 Å². The lowest BCUT2D eigenvalue weighted by molar-refractivity contribution is -0.386. The van der Waals surface area contributed by atoms with Crippen LogP contribution in [-0.2, 0) is 6.54 Å². The van der Waals surface area contributed by atoms with Crippen molar-refractivity contribution < 1.29 is 9.66 Å². The SMILES string of the molecule is NCc1ccc([N+](=O)[O-])c(OC2CCCCCC2)c1. The molecule has 0 bridgehead atoms. The van der Waals surface area contributed by atoms with Crippen LogP contribution in [0, 0.1) is 10.1 Å². The molecule has 1 aromatic carbocycles. The lowest BCUT2D eigenvalue weighted by atomic mass is 10.1. The van der Waals surface area contributed by atoms with E-state index in [9.17, 15) is 10.1 Å². The van der Waals surface area contributed by atoms with Crippen molar-refractivity contribution in [3.63, 3.8) is 0 Å². The smallest absolute Gasteiger partial charge is 0.310 e. The maximum absolute atomic E-state index is 11.0. The first-order valence-corrected chi connectivity index (χ1v) is 6.84. The zero-order valence-corrected chi connectivity index (χ0v) is 11.0. The first kappa shape index (κ1) is 13.8. The summed E-state index contributed by atoms with van der Waals surface area (Å²) >= 11 is 0. The van der Waals surface area contributed by atoms with E-state index in [2.05, 4.69) is 0 Å². The lowest BCUT2D eigenvalue weighted by Gasteiger charge is -2.17. The van der Waals surface area contributed by atoms with Gasteiger partial charge < -0.3 is 10.5 Å². The third-order valence-corrected chi connectivity index (χ3v) is 3.55. The zero-order valence-electron chi connectivity index (χ0n) is 11.0. The van der Waals surface area contributed by atoms with Gasteiger partial charge in [0.1, 0.15) is 0 Å². The molecule has 0 spiro atoms. The number of nitro benzene ring substituents is 1. The maximum Gasteiger partial charge on any atom is 0.310 e. The summed E-state index contributed by atoms with van der Waals surface area (Å²) in [6.07, 6.45) is 6.77. The molecule has 0 atom stereocenters. The monoisotopic (exact) mass is 264 g/mol. The number of hydrogen-bond acceptors (Lipinski definition) is 4. The Labute approximate surface area is 112 Å². The summed E-state index contributed by atoms with van der Waals surface area (Å²) in [7, 11) is 0. The van der Waals surface area contributed by atoms with Crippen molar-refractivity contribution in [2.75, 3.05) is 0 Å². The molecule has 0 aromatic heterocycles. The molecule has 5 heteroatoms. The van der Waals surface area contributed by atoms with Crippen molar-refractivity contribution in [1.82, 2.24) is 0 Å². The second-order valence-corrected chi connectivity index (χ2v) is 4.99. The molecule has 0 aliphatic heterocycles. The molecule has 2 rings (SSSR count). The van der Waals surface area contributed by atoms with Crippen LogP contribution in [0.15, 0.2) is 18.2 Å². The molecular weight excluding hydrogens is 244 g/mol. The molecule has 1 saturated carbocycles. The number of rotatable bonds is 4. The van der Waals surface area contributed by atoms with Gasteiger partial charge in [0.15, 0.2) is 5.75 Å². The highest BCUT2D eigenvalue weighted by atomic mass is 16.6. The molecule has 1 fully saturated rings. The van der Waals surface area contributed by atoms with Gasteiger partial charge in [-0.3, -0.25) is 10.1 Å². The predicted octanol–water partition coefficient (Wildman–Crippen LogP) is 3.16. The molecule has 5 nitrogen and oxygen atoms in total. The molecule has 0 saturated heterocycles. The fraction of sp³-hybridized carbons (Fsp3) is 0.571. The van der Waals surface area contributed by atoms with Gasteiger partial charge in [-0.1, -0.05) is 18.9 Å².